The molecule has 0 atom stereocenters. The average Bonchev–Trinajstić information content (AvgIpc) is 3.18. The zero-order chi connectivity index (χ0) is 27.9. The van der Waals surface area contributed by atoms with E-state index in [-0.39, 0.29) is 29.9 Å². The number of amides is 4. The molecule has 10 nitrogen and oxygen atoms in total. The second kappa shape index (κ2) is 12.8. The van der Waals surface area contributed by atoms with E-state index in [0.29, 0.717) is 50.0 Å². The Balaban J connectivity index is 1.41. The minimum Gasteiger partial charge on any atom is -0.490 e. The lowest BCUT2D eigenvalue weighted by Crippen LogP contribution is -2.46. The first-order valence-corrected chi connectivity index (χ1v) is 13.4. The SMILES string of the molecule is CCOc1cc(/C=C2\SC(=O)N(CC(=O)N3CCOCC3)C2=O)ccc1OCC(=O)Nc1cc(C)ccc1C. The highest BCUT2D eigenvalue weighted by molar-refractivity contribution is 8.18. The summed E-state index contributed by atoms with van der Waals surface area (Å²) in [6, 6.07) is 10.8. The van der Waals surface area contributed by atoms with Crippen molar-refractivity contribution >= 4 is 46.5 Å². The molecule has 4 amide bonds. The molecule has 206 valence electrons. The van der Waals surface area contributed by atoms with Crippen LogP contribution >= 0.6 is 11.8 Å². The van der Waals surface area contributed by atoms with Crippen LogP contribution in [0.2, 0.25) is 0 Å². The molecule has 0 spiro atoms. The number of hydrogen-bond acceptors (Lipinski definition) is 8. The van der Waals surface area contributed by atoms with E-state index in [0.717, 1.165) is 33.5 Å². The van der Waals surface area contributed by atoms with Crippen LogP contribution in [0, 0.1) is 13.8 Å². The zero-order valence-corrected chi connectivity index (χ0v) is 23.0. The highest BCUT2D eigenvalue weighted by Crippen LogP contribution is 2.35. The van der Waals surface area contributed by atoms with E-state index < -0.39 is 11.1 Å². The molecule has 11 heteroatoms. The molecule has 0 aliphatic carbocycles. The van der Waals surface area contributed by atoms with Gasteiger partial charge in [-0.05, 0) is 73.5 Å². The first kappa shape index (κ1) is 28.2. The molecule has 2 fully saturated rings. The number of imide groups is 1. The molecule has 2 saturated heterocycles. The van der Waals surface area contributed by atoms with Crippen LogP contribution in [0.5, 0.6) is 11.5 Å². The van der Waals surface area contributed by atoms with Gasteiger partial charge in [0.2, 0.25) is 5.91 Å². The summed E-state index contributed by atoms with van der Waals surface area (Å²) in [5.41, 5.74) is 3.32. The lowest BCUT2D eigenvalue weighted by Gasteiger charge is -2.28. The van der Waals surface area contributed by atoms with E-state index in [4.69, 9.17) is 14.2 Å². The molecule has 0 unspecified atom stereocenters. The number of morpholine rings is 1. The third-order valence-corrected chi connectivity index (χ3v) is 7.03. The summed E-state index contributed by atoms with van der Waals surface area (Å²) in [7, 11) is 0. The number of benzene rings is 2. The van der Waals surface area contributed by atoms with E-state index in [1.165, 1.54) is 0 Å². The summed E-state index contributed by atoms with van der Waals surface area (Å²) < 4.78 is 16.7. The van der Waals surface area contributed by atoms with E-state index in [2.05, 4.69) is 5.32 Å². The Morgan fingerprint density at radius 3 is 2.56 bits per heavy atom. The lowest BCUT2D eigenvalue weighted by molar-refractivity contribution is -0.139. The van der Waals surface area contributed by atoms with Crippen LogP contribution in [0.4, 0.5) is 10.5 Å². The number of ether oxygens (including phenoxy) is 3. The van der Waals surface area contributed by atoms with Crippen molar-refractivity contribution in [2.45, 2.75) is 20.8 Å². The number of anilines is 1. The van der Waals surface area contributed by atoms with Gasteiger partial charge in [-0.2, -0.15) is 0 Å². The Kier molecular flexibility index (Phi) is 9.26. The Hall–Kier alpha value is -3.83. The first-order valence-electron chi connectivity index (χ1n) is 12.6. The molecule has 2 aliphatic heterocycles. The molecule has 0 radical (unpaired) electrons. The Morgan fingerprint density at radius 1 is 1.05 bits per heavy atom. The number of hydrogen-bond donors (Lipinski definition) is 1. The maximum Gasteiger partial charge on any atom is 0.294 e. The molecule has 0 aromatic heterocycles. The van der Waals surface area contributed by atoms with E-state index in [1.807, 2.05) is 39.0 Å². The number of rotatable bonds is 9. The quantitative estimate of drug-likeness (QED) is 0.469. The minimum absolute atomic E-state index is 0.207. The Bertz CT molecular complexity index is 1300. The third-order valence-electron chi connectivity index (χ3n) is 6.12. The predicted molar refractivity (Wildman–Crippen MR) is 148 cm³/mol. The van der Waals surface area contributed by atoms with Crippen molar-refractivity contribution in [1.29, 1.82) is 0 Å². The van der Waals surface area contributed by atoms with Gasteiger partial charge in [0.15, 0.2) is 18.1 Å². The molecule has 2 aromatic rings. The lowest BCUT2D eigenvalue weighted by atomic mass is 10.1. The van der Waals surface area contributed by atoms with Crippen LogP contribution in [0.25, 0.3) is 6.08 Å². The monoisotopic (exact) mass is 553 g/mol. The standard InChI is InChI=1S/C28H31N3O7S/c1-4-37-23-14-20(7-8-22(23)38-17-25(32)29-21-13-18(2)5-6-19(21)3)15-24-27(34)31(28(35)39-24)16-26(33)30-9-11-36-12-10-30/h5-8,13-15H,4,9-12,16-17H2,1-3H3,(H,29,32)/b24-15-. The van der Waals surface area contributed by atoms with E-state index >= 15 is 0 Å². The molecule has 0 bridgehead atoms. The molecule has 2 aromatic carbocycles. The van der Waals surface area contributed by atoms with Crippen LogP contribution in [0.3, 0.4) is 0 Å². The minimum atomic E-state index is -0.520. The van der Waals surface area contributed by atoms with Crippen molar-refractivity contribution in [2.75, 3.05) is 51.4 Å². The molecule has 39 heavy (non-hydrogen) atoms. The summed E-state index contributed by atoms with van der Waals surface area (Å²) >= 11 is 0.784. The summed E-state index contributed by atoms with van der Waals surface area (Å²) in [6.07, 6.45) is 1.57. The number of carbonyl (C=O) groups is 4. The molecule has 2 heterocycles. The van der Waals surface area contributed by atoms with Crippen LogP contribution in [0.1, 0.15) is 23.6 Å². The highest BCUT2D eigenvalue weighted by atomic mass is 32.2. The largest absolute Gasteiger partial charge is 0.490 e. The smallest absolute Gasteiger partial charge is 0.294 e. The van der Waals surface area contributed by atoms with Crippen LogP contribution in [0.15, 0.2) is 41.3 Å². The molecule has 0 saturated carbocycles. The van der Waals surface area contributed by atoms with Gasteiger partial charge in [0, 0.05) is 18.8 Å². The van der Waals surface area contributed by atoms with Gasteiger partial charge in [-0.3, -0.25) is 24.1 Å². The van der Waals surface area contributed by atoms with Gasteiger partial charge in [0.1, 0.15) is 6.54 Å². The van der Waals surface area contributed by atoms with Crippen molar-refractivity contribution in [3.63, 3.8) is 0 Å². The summed E-state index contributed by atoms with van der Waals surface area (Å²) in [6.45, 7) is 7.27. The van der Waals surface area contributed by atoms with Gasteiger partial charge >= 0.3 is 0 Å². The summed E-state index contributed by atoms with van der Waals surface area (Å²) in [4.78, 5) is 53.2. The van der Waals surface area contributed by atoms with Gasteiger partial charge < -0.3 is 24.4 Å². The van der Waals surface area contributed by atoms with E-state index in [1.54, 1.807) is 29.2 Å². The fourth-order valence-electron chi connectivity index (χ4n) is 4.04. The maximum atomic E-state index is 12.9. The van der Waals surface area contributed by atoms with Crippen LogP contribution in [-0.2, 0) is 19.1 Å². The second-order valence-corrected chi connectivity index (χ2v) is 10.0. The van der Waals surface area contributed by atoms with Crippen molar-refractivity contribution in [1.82, 2.24) is 9.80 Å². The van der Waals surface area contributed by atoms with Gasteiger partial charge in [0.25, 0.3) is 17.1 Å². The topological polar surface area (TPSA) is 114 Å². The van der Waals surface area contributed by atoms with Crippen LogP contribution in [-0.4, -0.2) is 78.8 Å². The number of nitrogens with zero attached hydrogens (tertiary/aromatic N) is 2. The number of aryl methyl sites for hydroxylation is 2. The number of nitrogens with one attached hydrogen (secondary N) is 1. The molecular weight excluding hydrogens is 522 g/mol. The van der Waals surface area contributed by atoms with Gasteiger partial charge in [0.05, 0.1) is 24.7 Å². The van der Waals surface area contributed by atoms with Crippen molar-refractivity contribution in [3.05, 3.63) is 58.0 Å². The first-order chi connectivity index (χ1) is 18.7. The van der Waals surface area contributed by atoms with Gasteiger partial charge in [-0.1, -0.05) is 18.2 Å². The molecule has 2 aliphatic rings. The fraction of sp³-hybridized carbons (Fsp3) is 0.357. The van der Waals surface area contributed by atoms with E-state index in [9.17, 15) is 19.2 Å². The van der Waals surface area contributed by atoms with Gasteiger partial charge in [-0.25, -0.2) is 0 Å². The molecule has 4 rings (SSSR count). The van der Waals surface area contributed by atoms with Gasteiger partial charge in [-0.15, -0.1) is 0 Å². The second-order valence-electron chi connectivity index (χ2n) is 9.06. The van der Waals surface area contributed by atoms with Crippen LogP contribution < -0.4 is 14.8 Å². The molecule has 1 N–H and O–H groups in total. The predicted octanol–water partition coefficient (Wildman–Crippen LogP) is 3.61. The van der Waals surface area contributed by atoms with Crippen molar-refractivity contribution < 1.29 is 33.4 Å². The average molecular weight is 554 g/mol. The number of carbonyl (C=O) groups excluding carboxylic acids is 4. The van der Waals surface area contributed by atoms with Crippen molar-refractivity contribution in [2.24, 2.45) is 0 Å². The third kappa shape index (κ3) is 7.18. The Labute approximate surface area is 231 Å². The fourth-order valence-corrected chi connectivity index (χ4v) is 4.88. The van der Waals surface area contributed by atoms with Crippen molar-refractivity contribution in [3.8, 4) is 11.5 Å². The highest BCUT2D eigenvalue weighted by Gasteiger charge is 2.37. The number of thioether (sulfide) groups is 1. The summed E-state index contributed by atoms with van der Waals surface area (Å²) in [5.74, 6) is -0.353. The Morgan fingerprint density at radius 2 is 1.82 bits per heavy atom. The normalized spacial score (nSPS) is 16.5. The maximum absolute atomic E-state index is 12.9. The molecular formula is C28H31N3O7S. The zero-order valence-electron chi connectivity index (χ0n) is 22.2. The summed E-state index contributed by atoms with van der Waals surface area (Å²) in [5, 5.41) is 2.36.